The Morgan fingerprint density at radius 2 is 2.05 bits per heavy atom. The Morgan fingerprint density at radius 3 is 2.75 bits per heavy atom. The van der Waals surface area contributed by atoms with Crippen LogP contribution in [0.15, 0.2) is 53.0 Å². The maximum atomic E-state index is 10.6. The number of benzene rings is 2. The molecule has 0 aliphatic rings. The van der Waals surface area contributed by atoms with Gasteiger partial charge in [0.25, 0.3) is 0 Å². The third-order valence-electron chi connectivity index (χ3n) is 2.40. The fourth-order valence-corrected chi connectivity index (χ4v) is 2.12. The van der Waals surface area contributed by atoms with Crippen LogP contribution in [0.2, 0.25) is 5.02 Å². The average molecular weight is 354 g/mol. The molecule has 0 unspecified atom stereocenters. The van der Waals surface area contributed by atoms with E-state index in [9.17, 15) is 4.79 Å². The summed E-state index contributed by atoms with van der Waals surface area (Å²) in [7, 11) is 0. The predicted molar refractivity (Wildman–Crippen MR) is 82.3 cm³/mol. The fraction of sp³-hybridized carbons (Fsp3) is 0. The summed E-state index contributed by atoms with van der Waals surface area (Å²) in [5.41, 5.74) is 0.654. The summed E-state index contributed by atoms with van der Waals surface area (Å²) < 4.78 is 6.56. The molecule has 102 valence electrons. The first-order valence-corrected chi connectivity index (χ1v) is 6.85. The maximum Gasteiger partial charge on any atom is 0.328 e. The first-order valence-electron chi connectivity index (χ1n) is 5.68. The Morgan fingerprint density at radius 1 is 1.25 bits per heavy atom. The topological polar surface area (TPSA) is 46.5 Å². The highest BCUT2D eigenvalue weighted by molar-refractivity contribution is 9.10. The molecule has 2 aromatic carbocycles. The minimum atomic E-state index is -1.02. The van der Waals surface area contributed by atoms with E-state index in [2.05, 4.69) is 15.9 Å². The van der Waals surface area contributed by atoms with E-state index in [-0.39, 0.29) is 0 Å². The van der Waals surface area contributed by atoms with Crippen LogP contribution < -0.4 is 4.74 Å². The lowest BCUT2D eigenvalue weighted by molar-refractivity contribution is -0.131. The second-order valence-electron chi connectivity index (χ2n) is 3.91. The van der Waals surface area contributed by atoms with Gasteiger partial charge in [-0.25, -0.2) is 4.79 Å². The molecule has 0 saturated heterocycles. The summed E-state index contributed by atoms with van der Waals surface area (Å²) in [6, 6.07) is 12.3. The van der Waals surface area contributed by atoms with Gasteiger partial charge in [0.2, 0.25) is 0 Å². The van der Waals surface area contributed by atoms with Crippen molar-refractivity contribution < 1.29 is 14.6 Å². The monoisotopic (exact) mass is 352 g/mol. The SMILES string of the molecule is O=C(O)/C=C/c1cc(Br)ccc1Oc1cccc(Cl)c1. The molecule has 0 heterocycles. The van der Waals surface area contributed by atoms with Gasteiger partial charge >= 0.3 is 5.97 Å². The molecule has 0 aliphatic carbocycles. The first kappa shape index (κ1) is 14.6. The van der Waals surface area contributed by atoms with Gasteiger partial charge in [-0.05, 0) is 42.5 Å². The van der Waals surface area contributed by atoms with Crippen molar-refractivity contribution in [3.05, 3.63) is 63.6 Å². The van der Waals surface area contributed by atoms with Crippen LogP contribution in [0.25, 0.3) is 6.08 Å². The normalized spacial score (nSPS) is 10.7. The molecule has 0 saturated carbocycles. The molecule has 0 radical (unpaired) electrons. The van der Waals surface area contributed by atoms with Crippen LogP contribution >= 0.6 is 27.5 Å². The van der Waals surface area contributed by atoms with E-state index in [1.807, 2.05) is 6.07 Å². The zero-order chi connectivity index (χ0) is 14.5. The molecule has 3 nitrogen and oxygen atoms in total. The van der Waals surface area contributed by atoms with Crippen molar-refractivity contribution in [3.8, 4) is 11.5 Å². The van der Waals surface area contributed by atoms with E-state index in [4.69, 9.17) is 21.4 Å². The highest BCUT2D eigenvalue weighted by Gasteiger charge is 2.05. The van der Waals surface area contributed by atoms with Crippen molar-refractivity contribution in [3.63, 3.8) is 0 Å². The third kappa shape index (κ3) is 4.11. The van der Waals surface area contributed by atoms with Gasteiger partial charge in [-0.3, -0.25) is 0 Å². The number of carboxylic acid groups (broad SMARTS) is 1. The van der Waals surface area contributed by atoms with E-state index >= 15 is 0 Å². The van der Waals surface area contributed by atoms with Gasteiger partial charge in [-0.2, -0.15) is 0 Å². The Hall–Kier alpha value is -1.78. The summed E-state index contributed by atoms with van der Waals surface area (Å²) in [6.45, 7) is 0. The van der Waals surface area contributed by atoms with Crippen molar-refractivity contribution in [1.82, 2.24) is 0 Å². The van der Waals surface area contributed by atoms with Crippen LogP contribution in [-0.4, -0.2) is 11.1 Å². The van der Waals surface area contributed by atoms with E-state index in [1.165, 1.54) is 6.08 Å². The molecule has 0 fully saturated rings. The van der Waals surface area contributed by atoms with E-state index < -0.39 is 5.97 Å². The van der Waals surface area contributed by atoms with Crippen LogP contribution in [-0.2, 0) is 4.79 Å². The quantitative estimate of drug-likeness (QED) is 0.787. The zero-order valence-corrected chi connectivity index (χ0v) is 12.6. The molecule has 2 aromatic rings. The van der Waals surface area contributed by atoms with Gasteiger partial charge in [0.15, 0.2) is 0 Å². The maximum absolute atomic E-state index is 10.6. The van der Waals surface area contributed by atoms with Gasteiger partial charge in [0.1, 0.15) is 11.5 Å². The molecule has 0 aromatic heterocycles. The van der Waals surface area contributed by atoms with Gasteiger partial charge in [-0.1, -0.05) is 33.6 Å². The zero-order valence-electron chi connectivity index (χ0n) is 10.2. The van der Waals surface area contributed by atoms with E-state index in [1.54, 1.807) is 36.4 Å². The van der Waals surface area contributed by atoms with Crippen LogP contribution in [0.4, 0.5) is 0 Å². The summed E-state index contributed by atoms with van der Waals surface area (Å²) in [4.78, 5) is 10.6. The smallest absolute Gasteiger partial charge is 0.328 e. The van der Waals surface area contributed by atoms with Gasteiger partial charge in [0.05, 0.1) is 0 Å². The molecule has 2 rings (SSSR count). The molecule has 0 spiro atoms. The van der Waals surface area contributed by atoms with Crippen molar-refractivity contribution in [2.45, 2.75) is 0 Å². The number of rotatable bonds is 4. The molecule has 1 N–H and O–H groups in total. The molecule has 0 bridgehead atoms. The Balaban J connectivity index is 2.33. The highest BCUT2D eigenvalue weighted by Crippen LogP contribution is 2.30. The van der Waals surface area contributed by atoms with E-state index in [0.29, 0.717) is 22.1 Å². The second-order valence-corrected chi connectivity index (χ2v) is 5.27. The standard InChI is InChI=1S/C15H10BrClO3/c16-11-5-6-14(10(8-11)4-7-15(18)19)20-13-3-1-2-12(17)9-13/h1-9H,(H,18,19)/b7-4+. The number of hydrogen-bond donors (Lipinski definition) is 1. The molecule has 20 heavy (non-hydrogen) atoms. The van der Waals surface area contributed by atoms with E-state index in [0.717, 1.165) is 10.5 Å². The Bertz CT molecular complexity index is 668. The van der Waals surface area contributed by atoms with Crippen molar-refractivity contribution in [1.29, 1.82) is 0 Å². The number of ether oxygens (including phenoxy) is 1. The number of carboxylic acids is 1. The third-order valence-corrected chi connectivity index (χ3v) is 3.13. The van der Waals surface area contributed by atoms with Crippen LogP contribution in [0.1, 0.15) is 5.56 Å². The van der Waals surface area contributed by atoms with Gasteiger partial charge in [-0.15, -0.1) is 0 Å². The van der Waals surface area contributed by atoms with Crippen molar-refractivity contribution in [2.75, 3.05) is 0 Å². The van der Waals surface area contributed by atoms with Crippen LogP contribution in [0.5, 0.6) is 11.5 Å². The lowest BCUT2D eigenvalue weighted by Gasteiger charge is -2.09. The lowest BCUT2D eigenvalue weighted by atomic mass is 10.2. The Kier molecular flexibility index (Phi) is 4.82. The Labute approximate surface area is 129 Å². The summed E-state index contributed by atoms with van der Waals surface area (Å²) in [5.74, 6) is 0.122. The predicted octanol–water partition coefficient (Wildman–Crippen LogP) is 4.99. The van der Waals surface area contributed by atoms with Crippen LogP contribution in [0, 0.1) is 0 Å². The minimum absolute atomic E-state index is 0.549. The molecule has 5 heteroatoms. The largest absolute Gasteiger partial charge is 0.478 e. The first-order chi connectivity index (χ1) is 9.54. The second kappa shape index (κ2) is 6.59. The number of hydrogen-bond acceptors (Lipinski definition) is 2. The summed E-state index contributed by atoms with van der Waals surface area (Å²) in [5, 5.41) is 9.28. The average Bonchev–Trinajstić information content (AvgIpc) is 2.39. The lowest BCUT2D eigenvalue weighted by Crippen LogP contribution is -1.90. The van der Waals surface area contributed by atoms with Gasteiger partial charge < -0.3 is 9.84 Å². The fourth-order valence-electron chi connectivity index (χ4n) is 1.56. The summed E-state index contributed by atoms with van der Waals surface area (Å²) in [6.07, 6.45) is 2.54. The number of halogens is 2. The molecular formula is C15H10BrClO3. The molecular weight excluding hydrogens is 344 g/mol. The van der Waals surface area contributed by atoms with Crippen molar-refractivity contribution in [2.24, 2.45) is 0 Å². The number of carbonyl (C=O) groups is 1. The molecule has 0 atom stereocenters. The summed E-state index contributed by atoms with van der Waals surface area (Å²) >= 11 is 9.24. The molecule has 0 aliphatic heterocycles. The molecule has 0 amide bonds. The highest BCUT2D eigenvalue weighted by atomic mass is 79.9. The minimum Gasteiger partial charge on any atom is -0.478 e. The van der Waals surface area contributed by atoms with Gasteiger partial charge in [0, 0.05) is 21.1 Å². The number of aliphatic carboxylic acids is 1. The van der Waals surface area contributed by atoms with Crippen LogP contribution in [0.3, 0.4) is 0 Å². The van der Waals surface area contributed by atoms with Crippen molar-refractivity contribution >= 4 is 39.6 Å².